The van der Waals surface area contributed by atoms with Crippen molar-refractivity contribution in [1.29, 1.82) is 0 Å². The van der Waals surface area contributed by atoms with Gasteiger partial charge >= 0.3 is 0 Å². The summed E-state index contributed by atoms with van der Waals surface area (Å²) in [5, 5.41) is 0. The smallest absolute Gasteiger partial charge is 0.246 e. The summed E-state index contributed by atoms with van der Waals surface area (Å²) in [5.41, 5.74) is 6.45. The van der Waals surface area contributed by atoms with E-state index >= 15 is 0 Å². The average Bonchev–Trinajstić information content (AvgIpc) is 3.05. The van der Waals surface area contributed by atoms with E-state index in [4.69, 9.17) is 5.73 Å². The minimum Gasteiger partial charge on any atom is -0.398 e. The molecule has 0 spiro atoms. The van der Waals surface area contributed by atoms with Crippen LogP contribution >= 0.6 is 0 Å². The molecule has 0 atom stereocenters. The molecule has 1 aliphatic rings. The molecule has 0 amide bonds. The van der Waals surface area contributed by atoms with Crippen molar-refractivity contribution in [2.45, 2.75) is 30.7 Å². The summed E-state index contributed by atoms with van der Waals surface area (Å²) in [7, 11) is -2.29. The summed E-state index contributed by atoms with van der Waals surface area (Å²) in [6, 6.07) is 2.35. The zero-order chi connectivity index (χ0) is 12.8. The van der Waals surface area contributed by atoms with Crippen LogP contribution in [0.15, 0.2) is 17.0 Å². The minimum absolute atomic E-state index is 0.00178. The van der Waals surface area contributed by atoms with Crippen LogP contribution in [0.2, 0.25) is 0 Å². The second-order valence-corrected chi connectivity index (χ2v) is 6.36. The first-order valence-corrected chi connectivity index (χ1v) is 6.81. The van der Waals surface area contributed by atoms with Crippen LogP contribution in [-0.2, 0) is 10.0 Å². The lowest BCUT2D eigenvalue weighted by Gasteiger charge is -2.17. The van der Waals surface area contributed by atoms with Gasteiger partial charge in [-0.1, -0.05) is 0 Å². The summed E-state index contributed by atoms with van der Waals surface area (Å²) in [5.74, 6) is -0.746. The Hall–Kier alpha value is -1.14. The lowest BCUT2D eigenvalue weighted by molar-refractivity contribution is 0.457. The molecule has 6 heteroatoms. The van der Waals surface area contributed by atoms with Crippen LogP contribution < -0.4 is 5.73 Å². The molecule has 17 heavy (non-hydrogen) atoms. The highest BCUT2D eigenvalue weighted by Crippen LogP contribution is 2.32. The molecule has 0 saturated heterocycles. The first-order valence-electron chi connectivity index (χ1n) is 5.37. The number of nitrogen functional groups attached to an aromatic ring is 1. The molecule has 1 aromatic carbocycles. The lowest BCUT2D eigenvalue weighted by Crippen LogP contribution is -2.29. The molecular formula is C11H15FN2O2S. The third-order valence-corrected chi connectivity index (χ3v) is 4.96. The van der Waals surface area contributed by atoms with E-state index in [1.807, 2.05) is 0 Å². The molecule has 1 aliphatic carbocycles. The Morgan fingerprint density at radius 1 is 1.41 bits per heavy atom. The van der Waals surface area contributed by atoms with E-state index in [0.29, 0.717) is 5.56 Å². The van der Waals surface area contributed by atoms with E-state index in [1.165, 1.54) is 17.4 Å². The molecule has 1 aromatic rings. The van der Waals surface area contributed by atoms with Crippen molar-refractivity contribution in [3.05, 3.63) is 23.5 Å². The van der Waals surface area contributed by atoms with Gasteiger partial charge in [0, 0.05) is 18.8 Å². The van der Waals surface area contributed by atoms with Crippen LogP contribution in [0, 0.1) is 12.7 Å². The molecule has 0 bridgehead atoms. The van der Waals surface area contributed by atoms with E-state index in [1.54, 1.807) is 6.92 Å². The van der Waals surface area contributed by atoms with Gasteiger partial charge in [-0.05, 0) is 37.5 Å². The Bertz CT molecular complexity index is 553. The molecule has 2 N–H and O–H groups in total. The number of benzene rings is 1. The third kappa shape index (κ3) is 2.14. The van der Waals surface area contributed by atoms with Gasteiger partial charge in [-0.25, -0.2) is 12.8 Å². The van der Waals surface area contributed by atoms with Crippen molar-refractivity contribution in [1.82, 2.24) is 4.31 Å². The number of nitrogens with two attached hydrogens (primary N) is 1. The molecule has 94 valence electrons. The zero-order valence-electron chi connectivity index (χ0n) is 9.77. The van der Waals surface area contributed by atoms with Gasteiger partial charge in [0.2, 0.25) is 10.0 Å². The van der Waals surface area contributed by atoms with Gasteiger partial charge < -0.3 is 5.73 Å². The van der Waals surface area contributed by atoms with Crippen molar-refractivity contribution in [3.63, 3.8) is 0 Å². The number of sulfonamides is 1. The van der Waals surface area contributed by atoms with Gasteiger partial charge in [-0.3, -0.25) is 0 Å². The van der Waals surface area contributed by atoms with Gasteiger partial charge in [-0.2, -0.15) is 4.31 Å². The second-order valence-electron chi connectivity index (χ2n) is 4.39. The number of rotatable bonds is 3. The quantitative estimate of drug-likeness (QED) is 0.836. The standard InChI is InChI=1S/C11H15FN2O2S/c1-7-5-9(12)11(6-10(7)13)17(15,16)14(2)8-3-4-8/h5-6,8H,3-4,13H2,1-2H3. The summed E-state index contributed by atoms with van der Waals surface area (Å²) in [6.45, 7) is 1.64. The Morgan fingerprint density at radius 2 is 2.00 bits per heavy atom. The molecular weight excluding hydrogens is 243 g/mol. The van der Waals surface area contributed by atoms with E-state index in [0.717, 1.165) is 18.9 Å². The topological polar surface area (TPSA) is 63.4 Å². The Balaban J connectivity index is 2.49. The fourth-order valence-corrected chi connectivity index (χ4v) is 3.15. The van der Waals surface area contributed by atoms with E-state index in [-0.39, 0.29) is 16.6 Å². The van der Waals surface area contributed by atoms with E-state index < -0.39 is 15.8 Å². The zero-order valence-corrected chi connectivity index (χ0v) is 10.6. The first-order chi connectivity index (χ1) is 7.84. The number of halogens is 1. The Labute approximate surface area is 100 Å². The highest BCUT2D eigenvalue weighted by Gasteiger charge is 2.36. The molecule has 0 radical (unpaired) electrons. The van der Waals surface area contributed by atoms with Crippen LogP contribution in [0.1, 0.15) is 18.4 Å². The van der Waals surface area contributed by atoms with Gasteiger partial charge in [0.25, 0.3) is 0 Å². The SMILES string of the molecule is Cc1cc(F)c(S(=O)(=O)N(C)C2CC2)cc1N. The largest absolute Gasteiger partial charge is 0.398 e. The van der Waals surface area contributed by atoms with Gasteiger partial charge in [0.15, 0.2) is 0 Å². The molecule has 1 saturated carbocycles. The molecule has 0 aromatic heterocycles. The average molecular weight is 258 g/mol. The summed E-state index contributed by atoms with van der Waals surface area (Å²) in [4.78, 5) is -0.338. The maximum absolute atomic E-state index is 13.7. The fraction of sp³-hybridized carbons (Fsp3) is 0.455. The van der Waals surface area contributed by atoms with Crippen molar-refractivity contribution < 1.29 is 12.8 Å². The number of hydrogen-bond donors (Lipinski definition) is 1. The molecule has 2 rings (SSSR count). The van der Waals surface area contributed by atoms with E-state index in [9.17, 15) is 12.8 Å². The predicted octanol–water partition coefficient (Wildman–Crippen LogP) is 1.50. The van der Waals surface area contributed by atoms with Crippen LogP contribution in [0.4, 0.5) is 10.1 Å². The van der Waals surface area contributed by atoms with Crippen molar-refractivity contribution in [2.75, 3.05) is 12.8 Å². The molecule has 0 unspecified atom stereocenters. The molecule has 4 nitrogen and oxygen atoms in total. The van der Waals surface area contributed by atoms with Crippen molar-refractivity contribution >= 4 is 15.7 Å². The monoisotopic (exact) mass is 258 g/mol. The molecule has 0 aliphatic heterocycles. The minimum atomic E-state index is -3.77. The maximum Gasteiger partial charge on any atom is 0.246 e. The predicted molar refractivity (Wildman–Crippen MR) is 63.5 cm³/mol. The number of nitrogens with zero attached hydrogens (tertiary/aromatic N) is 1. The Kier molecular flexibility index (Phi) is 2.87. The molecule has 0 heterocycles. The van der Waals surface area contributed by atoms with Crippen LogP contribution in [0.5, 0.6) is 0 Å². The summed E-state index contributed by atoms with van der Waals surface area (Å²) < 4.78 is 39.2. The maximum atomic E-state index is 13.7. The van der Waals surface area contributed by atoms with Gasteiger partial charge in [0.1, 0.15) is 10.7 Å². The molecule has 1 fully saturated rings. The van der Waals surface area contributed by atoms with Crippen molar-refractivity contribution in [3.8, 4) is 0 Å². The Morgan fingerprint density at radius 3 is 2.53 bits per heavy atom. The van der Waals surface area contributed by atoms with Crippen LogP contribution in [0.25, 0.3) is 0 Å². The van der Waals surface area contributed by atoms with Gasteiger partial charge in [0.05, 0.1) is 0 Å². The fourth-order valence-electron chi connectivity index (χ4n) is 1.66. The highest BCUT2D eigenvalue weighted by molar-refractivity contribution is 7.89. The highest BCUT2D eigenvalue weighted by atomic mass is 32.2. The van der Waals surface area contributed by atoms with Crippen LogP contribution in [0.3, 0.4) is 0 Å². The number of anilines is 1. The number of aryl methyl sites for hydroxylation is 1. The number of hydrogen-bond acceptors (Lipinski definition) is 3. The lowest BCUT2D eigenvalue weighted by atomic mass is 10.2. The third-order valence-electron chi connectivity index (χ3n) is 3.04. The van der Waals surface area contributed by atoms with Crippen LogP contribution in [-0.4, -0.2) is 25.8 Å². The van der Waals surface area contributed by atoms with Crippen molar-refractivity contribution in [2.24, 2.45) is 0 Å². The second kappa shape index (κ2) is 3.96. The summed E-state index contributed by atoms with van der Waals surface area (Å²) >= 11 is 0. The normalized spacial score (nSPS) is 16.5. The first kappa shape index (κ1) is 12.3. The summed E-state index contributed by atoms with van der Waals surface area (Å²) in [6.07, 6.45) is 1.66. The van der Waals surface area contributed by atoms with Gasteiger partial charge in [-0.15, -0.1) is 0 Å². The van der Waals surface area contributed by atoms with E-state index in [2.05, 4.69) is 0 Å².